The molecule has 1 saturated carbocycles. The molecule has 3 aromatic rings. The Bertz CT molecular complexity index is 1060. The van der Waals surface area contributed by atoms with Gasteiger partial charge in [0.2, 0.25) is 5.95 Å². The molecule has 0 radical (unpaired) electrons. The predicted molar refractivity (Wildman–Crippen MR) is 121 cm³/mol. The standard InChI is InChI=1S/C24H26N6/c1-16-4-5-18(13-28-16)21(27-2)12-22(25)24(10-3-11-24)20-8-6-17(7-9-20)19-14-29-23(26)30-15-19/h4-9,13-15,25H,3,10-12H2,1-2H3,(H2,26,29,30). The third kappa shape index (κ3) is 3.73. The Kier molecular flexibility index (Phi) is 5.40. The van der Waals surface area contributed by atoms with Crippen LogP contribution in [0, 0.1) is 12.3 Å². The largest absolute Gasteiger partial charge is 0.368 e. The number of nitrogens with one attached hydrogen (secondary N) is 1. The van der Waals surface area contributed by atoms with E-state index in [9.17, 15) is 0 Å². The second-order valence-electron chi connectivity index (χ2n) is 7.86. The van der Waals surface area contributed by atoms with Gasteiger partial charge in [0.1, 0.15) is 0 Å². The lowest BCUT2D eigenvalue weighted by Crippen LogP contribution is -2.43. The number of nitrogen functional groups attached to an aromatic ring is 1. The summed E-state index contributed by atoms with van der Waals surface area (Å²) in [5.74, 6) is 0.273. The second-order valence-corrected chi connectivity index (χ2v) is 7.86. The van der Waals surface area contributed by atoms with E-state index in [4.69, 9.17) is 11.1 Å². The second kappa shape index (κ2) is 8.14. The van der Waals surface area contributed by atoms with Gasteiger partial charge in [-0.2, -0.15) is 0 Å². The summed E-state index contributed by atoms with van der Waals surface area (Å²) in [6.45, 7) is 1.97. The highest BCUT2D eigenvalue weighted by atomic mass is 15.0. The van der Waals surface area contributed by atoms with Gasteiger partial charge >= 0.3 is 0 Å². The van der Waals surface area contributed by atoms with Crippen LogP contribution in [-0.4, -0.2) is 33.4 Å². The van der Waals surface area contributed by atoms with Crippen LogP contribution in [0.3, 0.4) is 0 Å². The zero-order valence-corrected chi connectivity index (χ0v) is 17.4. The summed E-state index contributed by atoms with van der Waals surface area (Å²) in [6.07, 6.45) is 8.99. The van der Waals surface area contributed by atoms with Crippen LogP contribution in [-0.2, 0) is 5.41 Å². The van der Waals surface area contributed by atoms with Crippen LogP contribution in [0.4, 0.5) is 5.95 Å². The van der Waals surface area contributed by atoms with Crippen molar-refractivity contribution in [2.24, 2.45) is 4.99 Å². The first-order chi connectivity index (χ1) is 14.5. The molecule has 0 atom stereocenters. The van der Waals surface area contributed by atoms with Crippen molar-refractivity contribution in [3.63, 3.8) is 0 Å². The Morgan fingerprint density at radius 1 is 1.00 bits per heavy atom. The Morgan fingerprint density at radius 2 is 1.70 bits per heavy atom. The summed E-state index contributed by atoms with van der Waals surface area (Å²) < 4.78 is 0. The fourth-order valence-electron chi connectivity index (χ4n) is 4.05. The number of nitrogens with zero attached hydrogens (tertiary/aromatic N) is 4. The van der Waals surface area contributed by atoms with Crippen molar-refractivity contribution in [2.45, 2.75) is 38.0 Å². The van der Waals surface area contributed by atoms with E-state index >= 15 is 0 Å². The Balaban J connectivity index is 1.56. The number of hydrogen-bond donors (Lipinski definition) is 2. The quantitative estimate of drug-likeness (QED) is 0.602. The topological polar surface area (TPSA) is 101 Å². The maximum atomic E-state index is 8.96. The Morgan fingerprint density at radius 3 is 2.23 bits per heavy atom. The summed E-state index contributed by atoms with van der Waals surface area (Å²) in [6, 6.07) is 12.5. The zero-order valence-electron chi connectivity index (χ0n) is 17.4. The van der Waals surface area contributed by atoms with Gasteiger partial charge in [0.15, 0.2) is 0 Å². The van der Waals surface area contributed by atoms with Crippen molar-refractivity contribution < 1.29 is 0 Å². The first-order valence-electron chi connectivity index (χ1n) is 10.2. The van der Waals surface area contributed by atoms with Crippen molar-refractivity contribution >= 4 is 17.4 Å². The fourth-order valence-corrected chi connectivity index (χ4v) is 4.05. The van der Waals surface area contributed by atoms with E-state index in [2.05, 4.69) is 44.2 Å². The van der Waals surface area contributed by atoms with E-state index in [0.717, 1.165) is 53.1 Å². The number of aromatic nitrogens is 3. The number of anilines is 1. The van der Waals surface area contributed by atoms with Crippen molar-refractivity contribution in [1.82, 2.24) is 15.0 Å². The highest BCUT2D eigenvalue weighted by Gasteiger charge is 2.42. The molecule has 30 heavy (non-hydrogen) atoms. The van der Waals surface area contributed by atoms with Gasteiger partial charge in [-0.1, -0.05) is 30.7 Å². The van der Waals surface area contributed by atoms with Crippen molar-refractivity contribution in [3.8, 4) is 11.1 Å². The molecule has 0 bridgehead atoms. The van der Waals surface area contributed by atoms with Crippen molar-refractivity contribution in [3.05, 3.63) is 71.8 Å². The maximum Gasteiger partial charge on any atom is 0.219 e. The van der Waals surface area contributed by atoms with Crippen LogP contribution in [0.1, 0.15) is 42.5 Å². The molecular formula is C24H26N6. The SMILES string of the molecule is CN=C(CC(=N)C1(c2ccc(-c3cnc(N)nc3)cc2)CCC1)c1ccc(C)nc1. The molecule has 0 saturated heterocycles. The van der Waals surface area contributed by atoms with Gasteiger partial charge in [-0.25, -0.2) is 9.97 Å². The molecule has 1 aliphatic carbocycles. The lowest BCUT2D eigenvalue weighted by atomic mass is 9.60. The maximum absolute atomic E-state index is 8.96. The molecule has 2 aromatic heterocycles. The number of hydrogen-bond acceptors (Lipinski definition) is 6. The number of pyridine rings is 1. The molecule has 1 aromatic carbocycles. The molecule has 1 aliphatic rings. The van der Waals surface area contributed by atoms with Crippen LogP contribution in [0.5, 0.6) is 0 Å². The van der Waals surface area contributed by atoms with Gasteiger partial charge in [0.25, 0.3) is 0 Å². The molecule has 6 nitrogen and oxygen atoms in total. The van der Waals surface area contributed by atoms with Crippen molar-refractivity contribution in [1.29, 1.82) is 5.41 Å². The smallest absolute Gasteiger partial charge is 0.219 e. The molecule has 4 rings (SSSR count). The molecule has 2 heterocycles. The fraction of sp³-hybridized carbons (Fsp3) is 0.292. The average molecular weight is 399 g/mol. The Labute approximate surface area is 176 Å². The normalized spacial score (nSPS) is 15.5. The van der Waals surface area contributed by atoms with Gasteiger partial charge in [-0.3, -0.25) is 9.98 Å². The van der Waals surface area contributed by atoms with Gasteiger partial charge < -0.3 is 11.1 Å². The molecule has 6 heteroatoms. The third-order valence-corrected chi connectivity index (χ3v) is 6.09. The minimum absolute atomic E-state index is 0.204. The average Bonchev–Trinajstić information content (AvgIpc) is 2.73. The Hall–Kier alpha value is -3.41. The lowest BCUT2D eigenvalue weighted by Gasteiger charge is -2.43. The number of aliphatic imine (C=N–C) groups is 1. The van der Waals surface area contributed by atoms with Crippen LogP contribution in [0.15, 0.2) is 60.0 Å². The summed E-state index contributed by atoms with van der Waals surface area (Å²) in [5.41, 5.74) is 12.1. The third-order valence-electron chi connectivity index (χ3n) is 6.09. The van der Waals surface area contributed by atoms with Gasteiger partial charge in [-0.15, -0.1) is 0 Å². The predicted octanol–water partition coefficient (Wildman–Crippen LogP) is 4.38. The number of nitrogens with two attached hydrogens (primary N) is 1. The van der Waals surface area contributed by atoms with Crippen LogP contribution in [0.25, 0.3) is 11.1 Å². The highest BCUT2D eigenvalue weighted by Crippen LogP contribution is 2.46. The first kappa shape index (κ1) is 19.9. The minimum Gasteiger partial charge on any atom is -0.368 e. The monoisotopic (exact) mass is 398 g/mol. The van der Waals surface area contributed by atoms with Crippen LogP contribution < -0.4 is 5.73 Å². The molecule has 3 N–H and O–H groups in total. The van der Waals surface area contributed by atoms with E-state index in [0.29, 0.717) is 6.42 Å². The molecule has 152 valence electrons. The number of aryl methyl sites for hydroxylation is 1. The summed E-state index contributed by atoms with van der Waals surface area (Å²) in [7, 11) is 1.79. The molecular weight excluding hydrogens is 372 g/mol. The molecule has 1 fully saturated rings. The summed E-state index contributed by atoms with van der Waals surface area (Å²) in [4.78, 5) is 17.0. The van der Waals surface area contributed by atoms with Gasteiger partial charge in [-0.05, 0) is 43.0 Å². The zero-order chi connectivity index (χ0) is 21.1. The molecule has 0 amide bonds. The first-order valence-corrected chi connectivity index (χ1v) is 10.2. The van der Waals surface area contributed by atoms with Gasteiger partial charge in [0, 0.05) is 65.7 Å². The molecule has 0 spiro atoms. The number of rotatable bonds is 6. The molecule has 0 aliphatic heterocycles. The van der Waals surface area contributed by atoms with Gasteiger partial charge in [0.05, 0.1) is 0 Å². The van der Waals surface area contributed by atoms with Crippen LogP contribution >= 0.6 is 0 Å². The van der Waals surface area contributed by atoms with E-state index in [-0.39, 0.29) is 11.4 Å². The lowest BCUT2D eigenvalue weighted by molar-refractivity contribution is 0.336. The summed E-state index contributed by atoms with van der Waals surface area (Å²) in [5, 5.41) is 8.96. The van der Waals surface area contributed by atoms with E-state index < -0.39 is 0 Å². The van der Waals surface area contributed by atoms with E-state index in [1.165, 1.54) is 5.56 Å². The molecule has 0 unspecified atom stereocenters. The minimum atomic E-state index is -0.204. The summed E-state index contributed by atoms with van der Waals surface area (Å²) >= 11 is 0. The van der Waals surface area contributed by atoms with E-state index in [1.54, 1.807) is 19.4 Å². The van der Waals surface area contributed by atoms with Crippen LogP contribution in [0.2, 0.25) is 0 Å². The number of benzene rings is 1. The van der Waals surface area contributed by atoms with E-state index in [1.807, 2.05) is 25.3 Å². The highest BCUT2D eigenvalue weighted by molar-refractivity contribution is 6.14. The van der Waals surface area contributed by atoms with Crippen molar-refractivity contribution in [2.75, 3.05) is 12.8 Å².